The molecule has 1 heterocycles. The Bertz CT molecular complexity index is 253. The maximum absolute atomic E-state index is 5.45. The van der Waals surface area contributed by atoms with Gasteiger partial charge < -0.3 is 5.73 Å². The van der Waals surface area contributed by atoms with Crippen molar-refractivity contribution in [3.63, 3.8) is 0 Å². The highest BCUT2D eigenvalue weighted by Gasteiger charge is 2.22. The van der Waals surface area contributed by atoms with E-state index in [0.29, 0.717) is 6.54 Å². The molecule has 1 aliphatic rings. The molecule has 1 aliphatic carbocycles. The van der Waals surface area contributed by atoms with E-state index in [1.54, 1.807) is 11.3 Å². The molecule has 12 heavy (non-hydrogen) atoms. The molecule has 3 heteroatoms. The van der Waals surface area contributed by atoms with Gasteiger partial charge in [0.2, 0.25) is 0 Å². The van der Waals surface area contributed by atoms with Crippen LogP contribution in [0.1, 0.15) is 23.5 Å². The lowest BCUT2D eigenvalue weighted by atomic mass is 10.3. The Morgan fingerprint density at radius 3 is 3.08 bits per heavy atom. The molecule has 0 spiro atoms. The van der Waals surface area contributed by atoms with Gasteiger partial charge in [-0.3, -0.25) is 0 Å². The zero-order valence-electron chi connectivity index (χ0n) is 7.12. The monoisotopic (exact) mass is 182 g/mol. The van der Waals surface area contributed by atoms with Crippen LogP contribution >= 0.6 is 11.3 Å². The van der Waals surface area contributed by atoms with Gasteiger partial charge in [-0.15, -0.1) is 11.3 Å². The molecule has 0 aromatic carbocycles. The molecule has 2 nitrogen and oxygen atoms in total. The molecular formula is C9H14N2S. The molecule has 0 saturated heterocycles. The predicted octanol–water partition coefficient (Wildman–Crippen LogP) is 1.60. The van der Waals surface area contributed by atoms with Gasteiger partial charge in [-0.25, -0.2) is 4.98 Å². The van der Waals surface area contributed by atoms with Gasteiger partial charge in [0.05, 0.1) is 10.7 Å². The normalized spacial score (nSPS) is 16.8. The fourth-order valence-electron chi connectivity index (χ4n) is 1.27. The number of nitrogens with zero attached hydrogens (tertiary/aromatic N) is 1. The summed E-state index contributed by atoms with van der Waals surface area (Å²) in [5, 5.41) is 3.45. The van der Waals surface area contributed by atoms with Crippen LogP contribution in [0.2, 0.25) is 0 Å². The lowest BCUT2D eigenvalue weighted by Gasteiger charge is -1.90. The first-order valence-electron chi connectivity index (χ1n) is 4.52. The van der Waals surface area contributed by atoms with Gasteiger partial charge in [-0.1, -0.05) is 0 Å². The number of rotatable bonds is 4. The van der Waals surface area contributed by atoms with Crippen molar-refractivity contribution < 1.29 is 0 Å². The number of hydrogen-bond acceptors (Lipinski definition) is 3. The first kappa shape index (κ1) is 8.20. The average Bonchev–Trinajstić information content (AvgIpc) is 2.74. The summed E-state index contributed by atoms with van der Waals surface area (Å²) < 4.78 is 0. The summed E-state index contributed by atoms with van der Waals surface area (Å²) in [5.74, 6) is 0.946. The number of thiazole rings is 1. The fourth-order valence-corrected chi connectivity index (χ4v) is 2.22. The molecule has 0 unspecified atom stereocenters. The van der Waals surface area contributed by atoms with E-state index in [1.807, 2.05) is 0 Å². The molecule has 1 aromatic rings. The lowest BCUT2D eigenvalue weighted by Crippen LogP contribution is -2.02. The van der Waals surface area contributed by atoms with Gasteiger partial charge >= 0.3 is 0 Å². The van der Waals surface area contributed by atoms with E-state index in [4.69, 9.17) is 5.73 Å². The van der Waals surface area contributed by atoms with Crippen LogP contribution in [0.4, 0.5) is 0 Å². The van der Waals surface area contributed by atoms with E-state index in [1.165, 1.54) is 30.0 Å². The third kappa shape index (κ3) is 2.05. The molecular weight excluding hydrogens is 168 g/mol. The smallest absolute Gasteiger partial charge is 0.0931 e. The van der Waals surface area contributed by atoms with Crippen molar-refractivity contribution in [1.82, 2.24) is 4.98 Å². The van der Waals surface area contributed by atoms with Gasteiger partial charge in [0, 0.05) is 18.2 Å². The number of nitrogens with two attached hydrogens (primary N) is 1. The Kier molecular flexibility index (Phi) is 2.42. The highest BCUT2D eigenvalue weighted by atomic mass is 32.1. The van der Waals surface area contributed by atoms with Gasteiger partial charge in [-0.05, 0) is 25.3 Å². The SMILES string of the molecule is NCCc1csc(CC2CC2)n1. The third-order valence-corrected chi connectivity index (χ3v) is 3.08. The Hall–Kier alpha value is -0.410. The minimum Gasteiger partial charge on any atom is -0.330 e. The van der Waals surface area contributed by atoms with Gasteiger partial charge in [-0.2, -0.15) is 0 Å². The van der Waals surface area contributed by atoms with E-state index in [2.05, 4.69) is 10.4 Å². The lowest BCUT2D eigenvalue weighted by molar-refractivity contribution is 0.812. The third-order valence-electron chi connectivity index (χ3n) is 2.16. The Balaban J connectivity index is 1.92. The average molecular weight is 182 g/mol. The molecule has 0 radical (unpaired) electrons. The molecule has 2 rings (SSSR count). The van der Waals surface area contributed by atoms with Crippen molar-refractivity contribution in [2.24, 2.45) is 11.7 Å². The molecule has 66 valence electrons. The van der Waals surface area contributed by atoms with Gasteiger partial charge in [0.15, 0.2) is 0 Å². The highest BCUT2D eigenvalue weighted by Crippen LogP contribution is 2.33. The van der Waals surface area contributed by atoms with Crippen molar-refractivity contribution in [2.45, 2.75) is 25.7 Å². The summed E-state index contributed by atoms with van der Waals surface area (Å²) in [4.78, 5) is 4.52. The summed E-state index contributed by atoms with van der Waals surface area (Å²) in [7, 11) is 0. The number of hydrogen-bond donors (Lipinski definition) is 1. The van der Waals surface area contributed by atoms with E-state index in [9.17, 15) is 0 Å². The largest absolute Gasteiger partial charge is 0.330 e. The van der Waals surface area contributed by atoms with Crippen molar-refractivity contribution in [3.05, 3.63) is 16.1 Å². The summed E-state index contributed by atoms with van der Waals surface area (Å²) in [6, 6.07) is 0. The van der Waals surface area contributed by atoms with Crippen LogP contribution in [0.5, 0.6) is 0 Å². The van der Waals surface area contributed by atoms with Gasteiger partial charge in [0.1, 0.15) is 0 Å². The molecule has 1 fully saturated rings. The van der Waals surface area contributed by atoms with Crippen LogP contribution in [-0.2, 0) is 12.8 Å². The fraction of sp³-hybridized carbons (Fsp3) is 0.667. The standard InChI is InChI=1S/C9H14N2S/c10-4-3-8-6-12-9(11-8)5-7-1-2-7/h6-7H,1-5,10H2. The maximum Gasteiger partial charge on any atom is 0.0931 e. The quantitative estimate of drug-likeness (QED) is 0.768. The maximum atomic E-state index is 5.45. The second kappa shape index (κ2) is 3.54. The van der Waals surface area contributed by atoms with Crippen LogP contribution < -0.4 is 5.73 Å². The molecule has 0 aliphatic heterocycles. The summed E-state index contributed by atoms with van der Waals surface area (Å²) >= 11 is 1.79. The van der Waals surface area contributed by atoms with E-state index >= 15 is 0 Å². The predicted molar refractivity (Wildman–Crippen MR) is 51.3 cm³/mol. The van der Waals surface area contributed by atoms with E-state index in [0.717, 1.165) is 12.3 Å². The minimum atomic E-state index is 0.715. The van der Waals surface area contributed by atoms with Crippen molar-refractivity contribution in [3.8, 4) is 0 Å². The second-order valence-electron chi connectivity index (χ2n) is 3.42. The highest BCUT2D eigenvalue weighted by molar-refractivity contribution is 7.09. The Morgan fingerprint density at radius 1 is 1.58 bits per heavy atom. The molecule has 0 amide bonds. The van der Waals surface area contributed by atoms with Crippen LogP contribution in [0.3, 0.4) is 0 Å². The van der Waals surface area contributed by atoms with E-state index in [-0.39, 0.29) is 0 Å². The van der Waals surface area contributed by atoms with Crippen molar-refractivity contribution in [2.75, 3.05) is 6.54 Å². The second-order valence-corrected chi connectivity index (χ2v) is 4.36. The molecule has 0 atom stereocenters. The Morgan fingerprint density at radius 2 is 2.42 bits per heavy atom. The topological polar surface area (TPSA) is 38.9 Å². The summed E-state index contributed by atoms with van der Waals surface area (Å²) in [5.41, 5.74) is 6.63. The van der Waals surface area contributed by atoms with Crippen LogP contribution in [0.25, 0.3) is 0 Å². The molecule has 0 bridgehead atoms. The number of aromatic nitrogens is 1. The zero-order valence-corrected chi connectivity index (χ0v) is 7.94. The first-order valence-corrected chi connectivity index (χ1v) is 5.40. The molecule has 1 saturated carbocycles. The van der Waals surface area contributed by atoms with Crippen molar-refractivity contribution in [1.29, 1.82) is 0 Å². The summed E-state index contributed by atoms with van der Waals surface area (Å²) in [6.07, 6.45) is 4.95. The first-order chi connectivity index (χ1) is 5.88. The van der Waals surface area contributed by atoms with E-state index < -0.39 is 0 Å². The zero-order chi connectivity index (χ0) is 8.39. The van der Waals surface area contributed by atoms with Crippen LogP contribution in [0, 0.1) is 5.92 Å². The molecule has 1 aromatic heterocycles. The van der Waals surface area contributed by atoms with Gasteiger partial charge in [0.25, 0.3) is 0 Å². The minimum absolute atomic E-state index is 0.715. The van der Waals surface area contributed by atoms with Crippen LogP contribution in [-0.4, -0.2) is 11.5 Å². The van der Waals surface area contributed by atoms with Crippen molar-refractivity contribution >= 4 is 11.3 Å². The Labute approximate surface area is 76.8 Å². The molecule has 2 N–H and O–H groups in total. The summed E-state index contributed by atoms with van der Waals surface area (Å²) in [6.45, 7) is 0.715. The van der Waals surface area contributed by atoms with Crippen LogP contribution in [0.15, 0.2) is 5.38 Å².